The van der Waals surface area contributed by atoms with Crippen LogP contribution in [0.15, 0.2) is 10.7 Å². The van der Waals surface area contributed by atoms with Gasteiger partial charge in [0.1, 0.15) is 6.54 Å². The van der Waals surface area contributed by atoms with Crippen molar-refractivity contribution in [1.29, 1.82) is 0 Å². The van der Waals surface area contributed by atoms with Crippen molar-refractivity contribution in [3.8, 4) is 0 Å². The van der Waals surface area contributed by atoms with Crippen LogP contribution in [0.1, 0.15) is 30.1 Å². The molecule has 0 saturated heterocycles. The maximum Gasteiger partial charge on any atom is 0.236 e. The zero-order chi connectivity index (χ0) is 10.8. The molecule has 0 aromatic carbocycles. The molecule has 5 nitrogen and oxygen atoms in total. The van der Waals surface area contributed by atoms with E-state index < -0.39 is 0 Å². The number of nitrogens with zero attached hydrogens (tertiary/aromatic N) is 4. The first kappa shape index (κ1) is 9.89. The lowest BCUT2D eigenvalue weighted by molar-refractivity contribution is 0.441. The van der Waals surface area contributed by atoms with Gasteiger partial charge in [-0.25, -0.2) is 4.98 Å². The molecule has 0 saturated carbocycles. The molecule has 0 aliphatic rings. The topological polar surface area (TPSA) is 56.7 Å². The predicted octanol–water partition coefficient (Wildman–Crippen LogP) is 1.49. The summed E-state index contributed by atoms with van der Waals surface area (Å²) in [7, 11) is 0. The molecule has 2 aromatic rings. The molecule has 5 heteroatoms. The second-order valence-electron chi connectivity index (χ2n) is 3.49. The third-order valence-corrected chi connectivity index (χ3v) is 2.46. The van der Waals surface area contributed by atoms with Crippen molar-refractivity contribution in [1.82, 2.24) is 19.7 Å². The molecule has 80 valence electrons. The van der Waals surface area contributed by atoms with Gasteiger partial charge in [0.15, 0.2) is 0 Å². The quantitative estimate of drug-likeness (QED) is 0.763. The molecule has 2 heterocycles. The summed E-state index contributed by atoms with van der Waals surface area (Å²) in [6.07, 6.45) is 2.56. The van der Waals surface area contributed by atoms with Crippen molar-refractivity contribution in [2.75, 3.05) is 0 Å². The number of hydrogen-bond acceptors (Lipinski definition) is 4. The number of aromatic nitrogens is 4. The molecular formula is C10H14N4O. The van der Waals surface area contributed by atoms with Crippen LogP contribution in [-0.2, 0) is 13.0 Å². The van der Waals surface area contributed by atoms with Gasteiger partial charge in [0.25, 0.3) is 0 Å². The Hall–Kier alpha value is -1.65. The monoisotopic (exact) mass is 206 g/mol. The first-order valence-electron chi connectivity index (χ1n) is 5.00. The fourth-order valence-electron chi connectivity index (χ4n) is 1.34. The Kier molecular flexibility index (Phi) is 2.53. The maximum absolute atomic E-state index is 5.43. The largest absolute Gasteiger partial charge is 0.423 e. The molecule has 0 fully saturated rings. The second kappa shape index (κ2) is 3.84. The highest BCUT2D eigenvalue weighted by atomic mass is 16.4. The summed E-state index contributed by atoms with van der Waals surface area (Å²) in [4.78, 5) is 4.21. The zero-order valence-electron chi connectivity index (χ0n) is 9.19. The summed E-state index contributed by atoms with van der Waals surface area (Å²) in [5.74, 6) is 1.31. The van der Waals surface area contributed by atoms with Gasteiger partial charge in [-0.15, -0.1) is 10.2 Å². The molecule has 0 spiro atoms. The summed E-state index contributed by atoms with van der Waals surface area (Å²) in [6, 6.07) is 0. The van der Waals surface area contributed by atoms with E-state index in [1.54, 1.807) is 6.33 Å². The summed E-state index contributed by atoms with van der Waals surface area (Å²) < 4.78 is 7.43. The second-order valence-corrected chi connectivity index (χ2v) is 3.49. The first-order valence-corrected chi connectivity index (χ1v) is 5.00. The van der Waals surface area contributed by atoms with E-state index in [0.29, 0.717) is 18.3 Å². The van der Waals surface area contributed by atoms with Crippen LogP contribution in [0.2, 0.25) is 0 Å². The Morgan fingerprint density at radius 1 is 1.27 bits per heavy atom. The highest BCUT2D eigenvalue weighted by molar-refractivity contribution is 5.09. The lowest BCUT2D eigenvalue weighted by Gasteiger charge is -2.00. The number of imidazole rings is 1. The van der Waals surface area contributed by atoms with Gasteiger partial charge in [-0.05, 0) is 13.8 Å². The van der Waals surface area contributed by atoms with Gasteiger partial charge in [0.05, 0.1) is 12.0 Å². The lowest BCUT2D eigenvalue weighted by atomic mass is 10.4. The van der Waals surface area contributed by atoms with Gasteiger partial charge in [-0.3, -0.25) is 0 Å². The SMILES string of the molecule is CCc1nnc(Cn2cnc(C)c2C)o1. The normalized spacial score (nSPS) is 10.9. The molecule has 0 N–H and O–H groups in total. The van der Waals surface area contributed by atoms with Gasteiger partial charge in [0, 0.05) is 12.1 Å². The van der Waals surface area contributed by atoms with Gasteiger partial charge in [-0.1, -0.05) is 6.92 Å². The fourth-order valence-corrected chi connectivity index (χ4v) is 1.34. The van der Waals surface area contributed by atoms with Crippen LogP contribution in [0.5, 0.6) is 0 Å². The molecule has 0 radical (unpaired) electrons. The van der Waals surface area contributed by atoms with E-state index in [2.05, 4.69) is 15.2 Å². The molecule has 2 rings (SSSR count). The summed E-state index contributed by atoms with van der Waals surface area (Å²) in [6.45, 7) is 6.60. The standard InChI is InChI=1S/C10H14N4O/c1-4-9-12-13-10(15-9)5-14-6-11-7(2)8(14)3/h6H,4-5H2,1-3H3. The third kappa shape index (κ3) is 1.91. The van der Waals surface area contributed by atoms with Crippen LogP contribution in [-0.4, -0.2) is 19.7 Å². The predicted molar refractivity (Wildman–Crippen MR) is 54.5 cm³/mol. The van der Waals surface area contributed by atoms with Crippen molar-refractivity contribution in [3.63, 3.8) is 0 Å². The van der Waals surface area contributed by atoms with Crippen LogP contribution >= 0.6 is 0 Å². The molecule has 0 amide bonds. The molecule has 15 heavy (non-hydrogen) atoms. The average molecular weight is 206 g/mol. The van der Waals surface area contributed by atoms with Crippen molar-refractivity contribution in [2.45, 2.75) is 33.7 Å². The van der Waals surface area contributed by atoms with Gasteiger partial charge < -0.3 is 8.98 Å². The van der Waals surface area contributed by atoms with E-state index in [1.165, 1.54) is 0 Å². The summed E-state index contributed by atoms with van der Waals surface area (Å²) in [5.41, 5.74) is 2.16. The van der Waals surface area contributed by atoms with Crippen LogP contribution < -0.4 is 0 Å². The Bertz CT molecular complexity index is 458. The molecule has 0 bridgehead atoms. The minimum absolute atomic E-state index is 0.597. The molecule has 0 aliphatic heterocycles. The zero-order valence-corrected chi connectivity index (χ0v) is 9.19. The Balaban J connectivity index is 2.18. The smallest absolute Gasteiger partial charge is 0.236 e. The minimum atomic E-state index is 0.597. The van der Waals surface area contributed by atoms with Gasteiger partial charge in [-0.2, -0.15) is 0 Å². The summed E-state index contributed by atoms with van der Waals surface area (Å²) >= 11 is 0. The summed E-state index contributed by atoms with van der Waals surface area (Å²) in [5, 5.41) is 7.88. The van der Waals surface area contributed by atoms with Crippen LogP contribution in [0.4, 0.5) is 0 Å². The Morgan fingerprint density at radius 3 is 2.53 bits per heavy atom. The Morgan fingerprint density at radius 2 is 2.00 bits per heavy atom. The van der Waals surface area contributed by atoms with Crippen molar-refractivity contribution >= 4 is 0 Å². The molecular weight excluding hydrogens is 192 g/mol. The van der Waals surface area contributed by atoms with Crippen LogP contribution in [0, 0.1) is 13.8 Å². The van der Waals surface area contributed by atoms with Crippen molar-refractivity contribution in [3.05, 3.63) is 29.5 Å². The number of aryl methyl sites for hydroxylation is 2. The average Bonchev–Trinajstić information content (AvgIpc) is 2.80. The van der Waals surface area contributed by atoms with Crippen molar-refractivity contribution in [2.24, 2.45) is 0 Å². The molecule has 0 aliphatic carbocycles. The number of hydrogen-bond donors (Lipinski definition) is 0. The fraction of sp³-hybridized carbons (Fsp3) is 0.500. The maximum atomic E-state index is 5.43. The highest BCUT2D eigenvalue weighted by Gasteiger charge is 2.07. The van der Waals surface area contributed by atoms with E-state index in [-0.39, 0.29) is 0 Å². The Labute approximate surface area is 88.2 Å². The molecule has 0 unspecified atom stereocenters. The van der Waals surface area contributed by atoms with E-state index >= 15 is 0 Å². The lowest BCUT2D eigenvalue weighted by Crippen LogP contribution is -2.00. The van der Waals surface area contributed by atoms with Crippen LogP contribution in [0.25, 0.3) is 0 Å². The van der Waals surface area contributed by atoms with E-state index in [1.807, 2.05) is 25.3 Å². The van der Waals surface area contributed by atoms with E-state index in [4.69, 9.17) is 4.42 Å². The minimum Gasteiger partial charge on any atom is -0.423 e. The van der Waals surface area contributed by atoms with Gasteiger partial charge >= 0.3 is 0 Å². The number of rotatable bonds is 3. The third-order valence-electron chi connectivity index (χ3n) is 2.46. The first-order chi connectivity index (χ1) is 7.20. The van der Waals surface area contributed by atoms with E-state index in [9.17, 15) is 0 Å². The van der Waals surface area contributed by atoms with Gasteiger partial charge in [0.2, 0.25) is 11.8 Å². The molecule has 2 aromatic heterocycles. The highest BCUT2D eigenvalue weighted by Crippen LogP contribution is 2.08. The van der Waals surface area contributed by atoms with E-state index in [0.717, 1.165) is 17.8 Å². The van der Waals surface area contributed by atoms with Crippen LogP contribution in [0.3, 0.4) is 0 Å². The van der Waals surface area contributed by atoms with Crippen molar-refractivity contribution < 1.29 is 4.42 Å². The molecule has 0 atom stereocenters.